The normalized spacial score (nSPS) is 22.8. The number of rotatable bonds is 3. The van der Waals surface area contributed by atoms with Crippen LogP contribution in [0.15, 0.2) is 63.5 Å². The first-order valence-electron chi connectivity index (χ1n) is 7.93. The number of hydrogen-bond donors (Lipinski definition) is 0. The average molecular weight is 413 g/mol. The summed E-state index contributed by atoms with van der Waals surface area (Å²) in [7, 11) is 0. The average Bonchev–Trinajstić information content (AvgIpc) is 3.21. The van der Waals surface area contributed by atoms with Gasteiger partial charge in [-0.05, 0) is 41.1 Å². The van der Waals surface area contributed by atoms with Gasteiger partial charge in [-0.2, -0.15) is 0 Å². The third-order valence-electron chi connectivity index (χ3n) is 4.78. The first-order chi connectivity index (χ1) is 12.1. The van der Waals surface area contributed by atoms with Crippen molar-refractivity contribution in [3.05, 3.63) is 75.2 Å². The van der Waals surface area contributed by atoms with Crippen LogP contribution in [0.2, 0.25) is 0 Å². The summed E-state index contributed by atoms with van der Waals surface area (Å²) in [6.07, 6.45) is 0.663. The topological polar surface area (TPSA) is 61.2 Å². The van der Waals surface area contributed by atoms with E-state index in [4.69, 9.17) is 0 Å². The summed E-state index contributed by atoms with van der Waals surface area (Å²) in [4.78, 5) is 4.25. The first-order valence-corrected chi connectivity index (χ1v) is 9.61. The van der Waals surface area contributed by atoms with Crippen molar-refractivity contribution in [1.82, 2.24) is 10.2 Å². The Kier molecular flexibility index (Phi) is 4.17. The molecule has 0 aliphatic heterocycles. The second kappa shape index (κ2) is 6.35. The zero-order valence-electron chi connectivity index (χ0n) is 13.5. The number of hydrogen-bond acceptors (Lipinski definition) is 5. The Morgan fingerprint density at radius 3 is 2.80 bits per heavy atom. The van der Waals surface area contributed by atoms with Crippen LogP contribution in [0, 0.1) is 5.41 Å². The summed E-state index contributed by atoms with van der Waals surface area (Å²) >= 11 is 4.84. The van der Waals surface area contributed by atoms with Crippen LogP contribution in [-0.4, -0.2) is 16.1 Å². The maximum absolute atomic E-state index is 13.1. The lowest BCUT2D eigenvalue weighted by atomic mass is 9.74. The maximum Gasteiger partial charge on any atom is 0.230 e. The molecule has 0 spiro atoms. The molecule has 2 atom stereocenters. The van der Waals surface area contributed by atoms with Crippen LogP contribution >= 0.6 is 27.3 Å². The molecule has 2 aromatic carbocycles. The van der Waals surface area contributed by atoms with Crippen LogP contribution in [0.5, 0.6) is 0 Å². The van der Waals surface area contributed by atoms with Crippen LogP contribution in [0.4, 0.5) is 5.13 Å². The fraction of sp³-hybridized carbons (Fsp3) is 0.211. The number of nitrogens with zero attached hydrogens (tertiary/aromatic N) is 3. The van der Waals surface area contributed by atoms with E-state index in [0.717, 1.165) is 10.0 Å². The summed E-state index contributed by atoms with van der Waals surface area (Å²) in [6.45, 7) is 2.01. The van der Waals surface area contributed by atoms with Gasteiger partial charge in [-0.3, -0.25) is 0 Å². The quantitative estimate of drug-likeness (QED) is 0.480. The van der Waals surface area contributed by atoms with E-state index in [1.54, 1.807) is 5.51 Å². The molecule has 0 amide bonds. The van der Waals surface area contributed by atoms with E-state index in [-0.39, 0.29) is 11.8 Å². The molecular formula is C19H15BrN3OS-. The van der Waals surface area contributed by atoms with Gasteiger partial charge in [0.1, 0.15) is 5.51 Å². The van der Waals surface area contributed by atoms with Gasteiger partial charge in [-0.1, -0.05) is 70.6 Å². The lowest BCUT2D eigenvalue weighted by Gasteiger charge is -2.37. The van der Waals surface area contributed by atoms with Crippen LogP contribution in [0.25, 0.3) is 0 Å². The summed E-state index contributed by atoms with van der Waals surface area (Å²) < 4.78 is 1.02. The highest BCUT2D eigenvalue weighted by molar-refractivity contribution is 9.10. The second-order valence-corrected chi connectivity index (χ2v) is 8.15. The van der Waals surface area contributed by atoms with Gasteiger partial charge in [-0.15, -0.1) is 10.2 Å². The standard InChI is InChI=1S/C19H16BrN3OS/c1-19(17(24)22-18-23-21-11-25-18)10-13-7-8-14(20)9-15(13)16(19)12-5-3-2-4-6-12/h2-9,11,16H,10H2,1H3,(H,22,23,24)/p-1/t16-,19+/m1/s1. The minimum Gasteiger partial charge on any atom is -0.861 e. The Morgan fingerprint density at radius 1 is 1.28 bits per heavy atom. The van der Waals surface area contributed by atoms with Gasteiger partial charge in [-0.25, -0.2) is 4.99 Å². The molecule has 6 heteroatoms. The fourth-order valence-electron chi connectivity index (χ4n) is 3.66. The molecule has 1 heterocycles. The molecule has 0 fully saturated rings. The molecule has 0 bridgehead atoms. The Hall–Kier alpha value is -2.05. The third kappa shape index (κ3) is 2.89. The van der Waals surface area contributed by atoms with Crippen molar-refractivity contribution < 1.29 is 5.11 Å². The van der Waals surface area contributed by atoms with Gasteiger partial charge in [0.15, 0.2) is 0 Å². The van der Waals surface area contributed by atoms with Gasteiger partial charge in [0.25, 0.3) is 0 Å². The van der Waals surface area contributed by atoms with E-state index in [9.17, 15) is 5.11 Å². The van der Waals surface area contributed by atoms with Gasteiger partial charge in [0, 0.05) is 15.8 Å². The number of aromatic nitrogens is 2. The summed E-state index contributed by atoms with van der Waals surface area (Å²) in [6, 6.07) is 16.4. The molecule has 1 aliphatic rings. The molecule has 1 aromatic heterocycles. The predicted molar refractivity (Wildman–Crippen MR) is 101 cm³/mol. The zero-order valence-corrected chi connectivity index (χ0v) is 15.9. The lowest BCUT2D eigenvalue weighted by Crippen LogP contribution is -2.41. The van der Waals surface area contributed by atoms with Crippen molar-refractivity contribution in [2.45, 2.75) is 19.3 Å². The maximum atomic E-state index is 13.1. The molecule has 0 saturated carbocycles. The van der Waals surface area contributed by atoms with Crippen molar-refractivity contribution in [1.29, 1.82) is 0 Å². The minimum absolute atomic E-state index is 0.0367. The minimum atomic E-state index is -0.643. The molecular weight excluding hydrogens is 398 g/mol. The Morgan fingerprint density at radius 2 is 2.08 bits per heavy atom. The monoisotopic (exact) mass is 412 g/mol. The fourth-order valence-corrected chi connectivity index (χ4v) is 4.46. The summed E-state index contributed by atoms with van der Waals surface area (Å²) in [5.74, 6) is -0.184. The smallest absolute Gasteiger partial charge is 0.230 e. The molecule has 4 nitrogen and oxygen atoms in total. The van der Waals surface area contributed by atoms with Crippen LogP contribution < -0.4 is 5.11 Å². The van der Waals surface area contributed by atoms with Gasteiger partial charge < -0.3 is 5.11 Å². The number of aliphatic imine (C=N–C) groups is 1. The molecule has 0 radical (unpaired) electrons. The highest BCUT2D eigenvalue weighted by atomic mass is 79.9. The van der Waals surface area contributed by atoms with Crippen molar-refractivity contribution >= 4 is 38.3 Å². The van der Waals surface area contributed by atoms with E-state index < -0.39 is 5.41 Å². The van der Waals surface area contributed by atoms with Gasteiger partial charge in [0.05, 0.1) is 0 Å². The zero-order chi connectivity index (χ0) is 17.4. The molecule has 1 aliphatic carbocycles. The molecule has 3 aromatic rings. The van der Waals surface area contributed by atoms with E-state index in [2.05, 4.69) is 55.4 Å². The van der Waals surface area contributed by atoms with Crippen molar-refractivity contribution in [3.8, 4) is 0 Å². The Balaban J connectivity index is 1.87. The summed E-state index contributed by atoms with van der Waals surface area (Å²) in [5, 5.41) is 21.2. The van der Waals surface area contributed by atoms with Crippen LogP contribution in [0.3, 0.4) is 0 Å². The first kappa shape index (κ1) is 16.4. The van der Waals surface area contributed by atoms with E-state index in [0.29, 0.717) is 11.6 Å². The third-order valence-corrected chi connectivity index (χ3v) is 5.86. The van der Waals surface area contributed by atoms with Gasteiger partial charge in [0.2, 0.25) is 5.13 Å². The molecule has 126 valence electrons. The molecule has 4 rings (SSSR count). The Bertz CT molecular complexity index is 927. The summed E-state index contributed by atoms with van der Waals surface area (Å²) in [5.41, 5.74) is 4.45. The number of benzene rings is 2. The van der Waals surface area contributed by atoms with Crippen molar-refractivity contribution in [3.63, 3.8) is 0 Å². The number of fused-ring (bicyclic) bond motifs is 1. The Labute approximate surface area is 158 Å². The molecule has 0 saturated heterocycles. The predicted octanol–water partition coefficient (Wildman–Crippen LogP) is 4.09. The SMILES string of the molecule is C[C@]1(/C([O-])=N/c2nncs2)Cc2ccc(Br)cc2[C@H]1c1ccccc1. The highest BCUT2D eigenvalue weighted by Gasteiger charge is 2.44. The molecule has 0 N–H and O–H groups in total. The van der Waals surface area contributed by atoms with Crippen LogP contribution in [0.1, 0.15) is 29.5 Å². The van der Waals surface area contributed by atoms with Crippen molar-refractivity contribution in [2.75, 3.05) is 0 Å². The van der Waals surface area contributed by atoms with E-state index in [1.807, 2.05) is 31.2 Å². The molecule has 25 heavy (non-hydrogen) atoms. The van der Waals surface area contributed by atoms with Crippen LogP contribution in [-0.2, 0) is 6.42 Å². The van der Waals surface area contributed by atoms with Gasteiger partial charge >= 0.3 is 0 Å². The largest absolute Gasteiger partial charge is 0.861 e. The number of halogens is 1. The van der Waals surface area contributed by atoms with Crippen molar-refractivity contribution in [2.24, 2.45) is 10.4 Å². The lowest BCUT2D eigenvalue weighted by molar-refractivity contribution is -0.230. The van der Waals surface area contributed by atoms with E-state index in [1.165, 1.54) is 22.5 Å². The molecule has 0 unspecified atom stereocenters. The second-order valence-electron chi connectivity index (χ2n) is 6.42. The van der Waals surface area contributed by atoms with E-state index >= 15 is 0 Å². The highest BCUT2D eigenvalue weighted by Crippen LogP contribution is 2.51.